The Morgan fingerprint density at radius 1 is 1.15 bits per heavy atom. The van der Waals surface area contributed by atoms with Crippen molar-refractivity contribution in [3.05, 3.63) is 47.3 Å². The average Bonchev–Trinajstić information content (AvgIpc) is 2.93. The zero-order chi connectivity index (χ0) is 14.8. The second kappa shape index (κ2) is 5.64. The van der Waals surface area contributed by atoms with Gasteiger partial charge in [0.15, 0.2) is 0 Å². The fourth-order valence-electron chi connectivity index (χ4n) is 1.56. The van der Waals surface area contributed by atoms with Gasteiger partial charge in [-0.1, -0.05) is 6.07 Å². The normalized spacial score (nSPS) is 11.1. The zero-order valence-electron chi connectivity index (χ0n) is 11.0. The summed E-state index contributed by atoms with van der Waals surface area (Å²) in [7, 11) is -0.221. The molecule has 1 heterocycles. The van der Waals surface area contributed by atoms with E-state index in [-0.39, 0.29) is 10.1 Å². The van der Waals surface area contributed by atoms with Gasteiger partial charge in [0, 0.05) is 25.3 Å². The number of nitrogens with one attached hydrogen (secondary N) is 1. The van der Waals surface area contributed by atoms with Crippen LogP contribution in [0.1, 0.15) is 10.4 Å². The Hall–Kier alpha value is -1.86. The molecule has 1 aromatic carbocycles. The van der Waals surface area contributed by atoms with Gasteiger partial charge < -0.3 is 4.90 Å². The van der Waals surface area contributed by atoms with Crippen LogP contribution in [0.5, 0.6) is 0 Å². The second-order valence-electron chi connectivity index (χ2n) is 4.31. The number of sulfonamides is 1. The van der Waals surface area contributed by atoms with Crippen molar-refractivity contribution in [2.45, 2.75) is 4.21 Å². The number of amides is 1. The summed E-state index contributed by atoms with van der Waals surface area (Å²) < 4.78 is 26.8. The van der Waals surface area contributed by atoms with E-state index in [0.717, 1.165) is 11.3 Å². The molecule has 0 fully saturated rings. The number of carbonyl (C=O) groups is 1. The number of benzene rings is 1. The van der Waals surface area contributed by atoms with Crippen LogP contribution in [-0.2, 0) is 10.0 Å². The summed E-state index contributed by atoms with van der Waals surface area (Å²) in [5.74, 6) is -0.127. The van der Waals surface area contributed by atoms with E-state index in [1.54, 1.807) is 49.8 Å². The molecule has 0 atom stereocenters. The monoisotopic (exact) mass is 310 g/mol. The fourth-order valence-corrected chi connectivity index (χ4v) is 3.61. The number of rotatable bonds is 4. The first kappa shape index (κ1) is 14.5. The maximum Gasteiger partial charge on any atom is 0.271 e. The Morgan fingerprint density at radius 3 is 2.30 bits per heavy atom. The number of thiophene rings is 1. The molecule has 0 aliphatic heterocycles. The molecule has 0 radical (unpaired) electrons. The highest BCUT2D eigenvalue weighted by Gasteiger charge is 2.15. The summed E-state index contributed by atoms with van der Waals surface area (Å²) in [5, 5.41) is 1.70. The maximum absolute atomic E-state index is 12.0. The van der Waals surface area contributed by atoms with Gasteiger partial charge in [0.1, 0.15) is 4.21 Å². The van der Waals surface area contributed by atoms with Gasteiger partial charge in [0.25, 0.3) is 15.9 Å². The van der Waals surface area contributed by atoms with Crippen LogP contribution in [0.15, 0.2) is 46.0 Å². The molecule has 106 valence electrons. The number of nitrogens with zero attached hydrogens (tertiary/aromatic N) is 1. The number of anilines is 1. The largest absolute Gasteiger partial charge is 0.345 e. The predicted molar refractivity (Wildman–Crippen MR) is 79.6 cm³/mol. The minimum absolute atomic E-state index is 0.127. The van der Waals surface area contributed by atoms with Crippen LogP contribution in [0, 0.1) is 0 Å². The Labute approximate surface area is 121 Å². The Kier molecular flexibility index (Phi) is 4.10. The van der Waals surface area contributed by atoms with Crippen molar-refractivity contribution in [1.82, 2.24) is 4.90 Å². The third-order valence-corrected chi connectivity index (χ3v) is 5.33. The molecule has 1 aromatic heterocycles. The molecule has 0 saturated carbocycles. The van der Waals surface area contributed by atoms with Gasteiger partial charge in [-0.15, -0.1) is 11.3 Å². The van der Waals surface area contributed by atoms with E-state index in [0.29, 0.717) is 11.3 Å². The molecule has 1 amide bonds. The molecular formula is C13H14N2O3S2. The van der Waals surface area contributed by atoms with Gasteiger partial charge in [-0.25, -0.2) is 8.42 Å². The van der Waals surface area contributed by atoms with Crippen molar-refractivity contribution in [2.24, 2.45) is 0 Å². The van der Waals surface area contributed by atoms with E-state index in [1.807, 2.05) is 0 Å². The van der Waals surface area contributed by atoms with Crippen LogP contribution in [0.25, 0.3) is 0 Å². The van der Waals surface area contributed by atoms with E-state index >= 15 is 0 Å². The Balaban J connectivity index is 2.18. The molecular weight excluding hydrogens is 296 g/mol. The standard InChI is InChI=1S/C13H14N2O3S2/c1-15(2)13(16)10-5-7-11(8-6-10)14-20(17,18)12-4-3-9-19-12/h3-9,14H,1-2H3. The summed E-state index contributed by atoms with van der Waals surface area (Å²) in [6, 6.07) is 9.54. The van der Waals surface area contributed by atoms with Crippen molar-refractivity contribution in [2.75, 3.05) is 18.8 Å². The van der Waals surface area contributed by atoms with Crippen LogP contribution in [0.3, 0.4) is 0 Å². The molecule has 0 aliphatic carbocycles. The third kappa shape index (κ3) is 3.17. The minimum atomic E-state index is -3.55. The Morgan fingerprint density at radius 2 is 1.80 bits per heavy atom. The quantitative estimate of drug-likeness (QED) is 0.942. The highest BCUT2D eigenvalue weighted by molar-refractivity contribution is 7.94. The molecule has 0 spiro atoms. The lowest BCUT2D eigenvalue weighted by Crippen LogP contribution is -2.21. The summed E-state index contributed by atoms with van der Waals surface area (Å²) in [4.78, 5) is 13.2. The lowest BCUT2D eigenvalue weighted by Gasteiger charge is -2.11. The number of carbonyl (C=O) groups excluding carboxylic acids is 1. The Bertz CT molecular complexity index is 690. The van der Waals surface area contributed by atoms with Crippen molar-refractivity contribution in [3.8, 4) is 0 Å². The van der Waals surface area contributed by atoms with Crippen molar-refractivity contribution in [3.63, 3.8) is 0 Å². The van der Waals surface area contributed by atoms with Gasteiger partial charge in [-0.2, -0.15) is 0 Å². The van der Waals surface area contributed by atoms with Crippen LogP contribution < -0.4 is 4.72 Å². The van der Waals surface area contributed by atoms with E-state index in [9.17, 15) is 13.2 Å². The molecule has 0 bridgehead atoms. The summed E-state index contributed by atoms with van der Waals surface area (Å²) in [6.07, 6.45) is 0. The van der Waals surface area contributed by atoms with E-state index in [1.165, 1.54) is 11.0 Å². The zero-order valence-corrected chi connectivity index (χ0v) is 12.7. The number of hydrogen-bond donors (Lipinski definition) is 1. The van der Waals surface area contributed by atoms with Crippen molar-refractivity contribution < 1.29 is 13.2 Å². The first-order valence-corrected chi connectivity index (χ1v) is 8.14. The molecule has 0 aliphatic rings. The molecule has 7 heteroatoms. The first-order valence-electron chi connectivity index (χ1n) is 5.78. The van der Waals surface area contributed by atoms with E-state index in [2.05, 4.69) is 4.72 Å². The molecule has 0 saturated heterocycles. The van der Waals surface area contributed by atoms with Gasteiger partial charge in [0.2, 0.25) is 0 Å². The maximum atomic E-state index is 12.0. The lowest BCUT2D eigenvalue weighted by atomic mass is 10.2. The lowest BCUT2D eigenvalue weighted by molar-refractivity contribution is 0.0827. The topological polar surface area (TPSA) is 66.5 Å². The van der Waals surface area contributed by atoms with Gasteiger partial charge in [-0.3, -0.25) is 9.52 Å². The van der Waals surface area contributed by atoms with E-state index < -0.39 is 10.0 Å². The molecule has 2 aromatic rings. The second-order valence-corrected chi connectivity index (χ2v) is 7.17. The SMILES string of the molecule is CN(C)C(=O)c1ccc(NS(=O)(=O)c2cccs2)cc1. The summed E-state index contributed by atoms with van der Waals surface area (Å²) in [6.45, 7) is 0. The molecule has 0 unspecified atom stereocenters. The van der Waals surface area contributed by atoms with Gasteiger partial charge in [0.05, 0.1) is 0 Å². The fraction of sp³-hybridized carbons (Fsp3) is 0.154. The highest BCUT2D eigenvalue weighted by Crippen LogP contribution is 2.20. The summed E-state index contributed by atoms with van der Waals surface area (Å²) in [5.41, 5.74) is 0.933. The van der Waals surface area contributed by atoms with Crippen LogP contribution in [0.2, 0.25) is 0 Å². The van der Waals surface area contributed by atoms with E-state index in [4.69, 9.17) is 0 Å². The molecule has 1 N–H and O–H groups in total. The highest BCUT2D eigenvalue weighted by atomic mass is 32.2. The van der Waals surface area contributed by atoms with Gasteiger partial charge >= 0.3 is 0 Å². The first-order chi connectivity index (χ1) is 9.40. The molecule has 2 rings (SSSR count). The molecule has 20 heavy (non-hydrogen) atoms. The predicted octanol–water partition coefficient (Wildman–Crippen LogP) is 2.25. The smallest absolute Gasteiger partial charge is 0.271 e. The van der Waals surface area contributed by atoms with Crippen LogP contribution in [0.4, 0.5) is 5.69 Å². The minimum Gasteiger partial charge on any atom is -0.345 e. The third-order valence-electron chi connectivity index (χ3n) is 2.55. The van der Waals surface area contributed by atoms with Crippen molar-refractivity contribution in [1.29, 1.82) is 0 Å². The average molecular weight is 310 g/mol. The van der Waals surface area contributed by atoms with Crippen LogP contribution in [-0.4, -0.2) is 33.3 Å². The number of hydrogen-bond acceptors (Lipinski definition) is 4. The van der Waals surface area contributed by atoms with Crippen LogP contribution >= 0.6 is 11.3 Å². The summed E-state index contributed by atoms with van der Waals surface area (Å²) >= 11 is 1.15. The van der Waals surface area contributed by atoms with Crippen molar-refractivity contribution >= 4 is 33.0 Å². The molecule has 5 nitrogen and oxygen atoms in total. The van der Waals surface area contributed by atoms with Gasteiger partial charge in [-0.05, 0) is 35.7 Å².